The van der Waals surface area contributed by atoms with Crippen LogP contribution in [-0.2, 0) is 6.42 Å². The molecule has 0 fully saturated rings. The fourth-order valence-corrected chi connectivity index (χ4v) is 3.16. The van der Waals surface area contributed by atoms with Crippen molar-refractivity contribution >= 4 is 0 Å². The van der Waals surface area contributed by atoms with Crippen LogP contribution in [0.1, 0.15) is 66.0 Å². The van der Waals surface area contributed by atoms with E-state index in [9.17, 15) is 8.78 Å². The lowest BCUT2D eigenvalue weighted by Gasteiger charge is -2.02. The minimum Gasteiger partial charge on any atom is -0.207 e. The molecule has 3 rings (SSSR count). The summed E-state index contributed by atoms with van der Waals surface area (Å²) in [6.45, 7) is 3.91. The Balaban J connectivity index is 1.64. The minimum absolute atomic E-state index is 0.255. The molecule has 31 heavy (non-hydrogen) atoms. The first-order valence-corrected chi connectivity index (χ1v) is 10.7. The van der Waals surface area contributed by atoms with Gasteiger partial charge in [-0.2, -0.15) is 0 Å². The summed E-state index contributed by atoms with van der Waals surface area (Å²) in [4.78, 5) is 0. The predicted octanol–water partition coefficient (Wildman–Crippen LogP) is 7.20. The van der Waals surface area contributed by atoms with Crippen molar-refractivity contribution < 1.29 is 8.78 Å². The second-order valence-corrected chi connectivity index (χ2v) is 7.67. The summed E-state index contributed by atoms with van der Waals surface area (Å²) in [5, 5.41) is 0. The highest BCUT2D eigenvalue weighted by Gasteiger charge is 2.02. The third-order valence-electron chi connectivity index (χ3n) is 5.10. The normalized spacial score (nSPS) is 10.1. The van der Waals surface area contributed by atoms with E-state index < -0.39 is 0 Å². The monoisotopic (exact) mass is 412 g/mol. The zero-order valence-electron chi connectivity index (χ0n) is 18.1. The Morgan fingerprint density at radius 2 is 1.29 bits per heavy atom. The first-order valence-electron chi connectivity index (χ1n) is 10.7. The summed E-state index contributed by atoms with van der Waals surface area (Å²) in [7, 11) is 0. The molecule has 0 saturated heterocycles. The molecule has 3 aromatic carbocycles. The standard InChI is InChI=1S/C29H26F2/c1-3-4-5-6-7-25-17-19-27(29(31)21-25)18-16-24-12-10-23(11-13-24)14-15-26-9-8-22(2)28(30)20-26/h8-13,17,19-21H,3-7H2,1-2H3. The van der Waals surface area contributed by atoms with Crippen LogP contribution in [0.2, 0.25) is 0 Å². The first-order chi connectivity index (χ1) is 15.0. The molecule has 0 amide bonds. The quantitative estimate of drug-likeness (QED) is 0.307. The number of benzene rings is 3. The Morgan fingerprint density at radius 3 is 1.94 bits per heavy atom. The van der Waals surface area contributed by atoms with Crippen LogP contribution < -0.4 is 0 Å². The van der Waals surface area contributed by atoms with E-state index in [0.29, 0.717) is 16.7 Å². The van der Waals surface area contributed by atoms with Crippen LogP contribution in [0.5, 0.6) is 0 Å². The van der Waals surface area contributed by atoms with Crippen molar-refractivity contribution in [1.82, 2.24) is 0 Å². The number of halogens is 2. The summed E-state index contributed by atoms with van der Waals surface area (Å²) >= 11 is 0. The molecule has 0 unspecified atom stereocenters. The molecule has 3 aromatic rings. The van der Waals surface area contributed by atoms with Crippen molar-refractivity contribution in [1.29, 1.82) is 0 Å². The van der Waals surface area contributed by atoms with Crippen molar-refractivity contribution in [3.8, 4) is 23.7 Å². The average molecular weight is 413 g/mol. The topological polar surface area (TPSA) is 0 Å². The highest BCUT2D eigenvalue weighted by molar-refractivity contribution is 5.48. The average Bonchev–Trinajstić information content (AvgIpc) is 2.78. The van der Waals surface area contributed by atoms with Gasteiger partial charge < -0.3 is 0 Å². The maximum absolute atomic E-state index is 14.4. The summed E-state index contributed by atoms with van der Waals surface area (Å²) in [5.74, 6) is 11.4. The predicted molar refractivity (Wildman–Crippen MR) is 124 cm³/mol. The van der Waals surface area contributed by atoms with Crippen LogP contribution in [0, 0.1) is 42.2 Å². The van der Waals surface area contributed by atoms with Gasteiger partial charge in [-0.05, 0) is 79.4 Å². The molecule has 0 saturated carbocycles. The third kappa shape index (κ3) is 6.84. The summed E-state index contributed by atoms with van der Waals surface area (Å²) in [6.07, 6.45) is 5.60. The minimum atomic E-state index is -0.270. The molecule has 0 aliphatic carbocycles. The summed E-state index contributed by atoms with van der Waals surface area (Å²) in [5.41, 5.74) is 4.26. The largest absolute Gasteiger partial charge is 0.207 e. The fourth-order valence-electron chi connectivity index (χ4n) is 3.16. The van der Waals surface area contributed by atoms with E-state index in [4.69, 9.17) is 0 Å². The van der Waals surface area contributed by atoms with E-state index in [2.05, 4.69) is 30.6 Å². The molecule has 0 aliphatic rings. The number of rotatable bonds is 5. The highest BCUT2D eigenvalue weighted by Crippen LogP contribution is 2.14. The van der Waals surface area contributed by atoms with Crippen molar-refractivity contribution in [3.63, 3.8) is 0 Å². The molecule has 2 heteroatoms. The molecule has 0 radical (unpaired) electrons. The number of aryl methyl sites for hydroxylation is 2. The second kappa shape index (κ2) is 11.1. The Kier molecular flexibility index (Phi) is 8.03. The van der Waals surface area contributed by atoms with E-state index in [1.54, 1.807) is 31.2 Å². The van der Waals surface area contributed by atoms with Crippen LogP contribution in [0.25, 0.3) is 0 Å². The zero-order valence-corrected chi connectivity index (χ0v) is 18.1. The Bertz CT molecular complexity index is 1150. The van der Waals surface area contributed by atoms with Gasteiger partial charge in [0, 0.05) is 16.7 Å². The van der Waals surface area contributed by atoms with Gasteiger partial charge in [-0.3, -0.25) is 0 Å². The van der Waals surface area contributed by atoms with Gasteiger partial charge in [-0.1, -0.05) is 62.0 Å². The van der Waals surface area contributed by atoms with Crippen molar-refractivity contribution in [2.24, 2.45) is 0 Å². The highest BCUT2D eigenvalue weighted by atomic mass is 19.1. The molecule has 156 valence electrons. The molecule has 0 bridgehead atoms. The molecule has 0 aliphatic heterocycles. The SMILES string of the molecule is CCCCCCc1ccc(C#Cc2ccc(C#Cc3ccc(C)c(F)c3)cc2)c(F)c1. The van der Waals surface area contributed by atoms with Gasteiger partial charge >= 0.3 is 0 Å². The molecular weight excluding hydrogens is 386 g/mol. The summed E-state index contributed by atoms with van der Waals surface area (Å²) in [6, 6.07) is 17.7. The Hall–Kier alpha value is -3.36. The van der Waals surface area contributed by atoms with Crippen LogP contribution in [0.3, 0.4) is 0 Å². The Morgan fingerprint density at radius 1 is 0.645 bits per heavy atom. The van der Waals surface area contributed by atoms with E-state index in [1.165, 1.54) is 25.3 Å². The fraction of sp³-hybridized carbons (Fsp3) is 0.241. The van der Waals surface area contributed by atoms with E-state index in [-0.39, 0.29) is 11.6 Å². The van der Waals surface area contributed by atoms with Gasteiger partial charge in [0.1, 0.15) is 11.6 Å². The number of unbranched alkanes of at least 4 members (excludes halogenated alkanes) is 3. The molecule has 0 N–H and O–H groups in total. The summed E-state index contributed by atoms with van der Waals surface area (Å²) < 4.78 is 28.0. The van der Waals surface area contributed by atoms with E-state index >= 15 is 0 Å². The van der Waals surface area contributed by atoms with Gasteiger partial charge in [-0.15, -0.1) is 0 Å². The second-order valence-electron chi connectivity index (χ2n) is 7.67. The molecule has 0 aromatic heterocycles. The van der Waals surface area contributed by atoms with Gasteiger partial charge in [0.05, 0.1) is 5.56 Å². The van der Waals surface area contributed by atoms with Gasteiger partial charge in [0.25, 0.3) is 0 Å². The molecule has 0 heterocycles. The van der Waals surface area contributed by atoms with E-state index in [1.807, 2.05) is 30.3 Å². The van der Waals surface area contributed by atoms with Crippen LogP contribution in [0.4, 0.5) is 8.78 Å². The smallest absolute Gasteiger partial charge is 0.139 e. The Labute approximate surface area is 184 Å². The van der Waals surface area contributed by atoms with Crippen LogP contribution >= 0.6 is 0 Å². The first kappa shape index (κ1) is 22.3. The number of hydrogen-bond donors (Lipinski definition) is 0. The van der Waals surface area contributed by atoms with Gasteiger partial charge in [-0.25, -0.2) is 8.78 Å². The van der Waals surface area contributed by atoms with Crippen molar-refractivity contribution in [2.75, 3.05) is 0 Å². The lowest BCUT2D eigenvalue weighted by molar-refractivity contribution is 0.617. The van der Waals surface area contributed by atoms with Gasteiger partial charge in [0.2, 0.25) is 0 Å². The molecule has 0 nitrogen and oxygen atoms in total. The maximum atomic E-state index is 14.4. The lowest BCUT2D eigenvalue weighted by Crippen LogP contribution is -1.90. The molecule has 0 spiro atoms. The zero-order chi connectivity index (χ0) is 22.1. The molecular formula is C29H26F2. The van der Waals surface area contributed by atoms with Crippen molar-refractivity contribution in [2.45, 2.75) is 46.0 Å². The maximum Gasteiger partial charge on any atom is 0.139 e. The van der Waals surface area contributed by atoms with Crippen molar-refractivity contribution in [3.05, 3.63) is 106 Å². The van der Waals surface area contributed by atoms with Crippen LogP contribution in [-0.4, -0.2) is 0 Å². The number of hydrogen-bond acceptors (Lipinski definition) is 0. The lowest BCUT2D eigenvalue weighted by atomic mass is 10.0. The third-order valence-corrected chi connectivity index (χ3v) is 5.10. The molecule has 0 atom stereocenters. The van der Waals surface area contributed by atoms with Crippen LogP contribution in [0.15, 0.2) is 60.7 Å². The van der Waals surface area contributed by atoms with E-state index in [0.717, 1.165) is 29.5 Å². The van der Waals surface area contributed by atoms with Gasteiger partial charge in [0.15, 0.2) is 0 Å².